The van der Waals surface area contributed by atoms with Crippen LogP contribution < -0.4 is 21.1 Å². The van der Waals surface area contributed by atoms with Crippen molar-refractivity contribution in [3.05, 3.63) is 101 Å². The van der Waals surface area contributed by atoms with Crippen LogP contribution in [0.2, 0.25) is 5.02 Å². The van der Waals surface area contributed by atoms with Crippen LogP contribution in [-0.2, 0) is 10.0 Å². The standard InChI is InChI=1S/C33H31ClN6O5S/c1-20-29(26-12-5-6-13-28(26)40(20)46(43,44)25-10-3-2-4-11-25)30-27(34)19-36-33(39-30)38-23-9-7-8-22(18-23)37-31(41)21-14-16-24(17-15-21)45-32(35)42/h2-6,10-17,19,22-23H,7-9,18H2,1H3,(H2,35,42)(H,37,41)(H,36,38,39)/t22-,23+/m0/s1. The van der Waals surface area contributed by atoms with Gasteiger partial charge in [0.2, 0.25) is 5.95 Å². The van der Waals surface area contributed by atoms with Crippen LogP contribution >= 0.6 is 11.6 Å². The number of aromatic nitrogens is 3. The van der Waals surface area contributed by atoms with Crippen LogP contribution in [0, 0.1) is 6.92 Å². The van der Waals surface area contributed by atoms with E-state index >= 15 is 0 Å². The molecule has 0 aliphatic heterocycles. The van der Waals surface area contributed by atoms with Crippen LogP contribution in [0.25, 0.3) is 22.2 Å². The third-order valence-corrected chi connectivity index (χ3v) is 10.1. The van der Waals surface area contributed by atoms with Gasteiger partial charge in [-0.15, -0.1) is 0 Å². The Balaban J connectivity index is 1.23. The Morgan fingerprint density at radius 2 is 1.67 bits per heavy atom. The van der Waals surface area contributed by atoms with Crippen molar-refractivity contribution in [2.45, 2.75) is 49.6 Å². The first-order valence-corrected chi connectivity index (χ1v) is 16.5. The smallest absolute Gasteiger partial charge is 0.409 e. The number of halogens is 1. The maximum atomic E-state index is 13.8. The molecule has 46 heavy (non-hydrogen) atoms. The molecule has 4 N–H and O–H groups in total. The number of fused-ring (bicyclic) bond motifs is 1. The minimum Gasteiger partial charge on any atom is -0.411 e. The highest BCUT2D eigenvalue weighted by molar-refractivity contribution is 7.90. The molecule has 2 amide bonds. The fourth-order valence-electron chi connectivity index (χ4n) is 5.95. The number of hydrogen-bond acceptors (Lipinski definition) is 8. The van der Waals surface area contributed by atoms with Gasteiger partial charge in [-0.1, -0.05) is 48.0 Å². The second kappa shape index (κ2) is 12.8. The molecule has 1 aliphatic rings. The topological polar surface area (TPSA) is 158 Å². The quantitative estimate of drug-likeness (QED) is 0.186. The molecule has 1 aliphatic carbocycles. The van der Waals surface area contributed by atoms with Gasteiger partial charge in [0.25, 0.3) is 15.9 Å². The molecular weight excluding hydrogens is 628 g/mol. The number of hydrogen-bond donors (Lipinski definition) is 3. The molecule has 2 atom stereocenters. The zero-order valence-electron chi connectivity index (χ0n) is 24.8. The van der Waals surface area contributed by atoms with Crippen molar-refractivity contribution in [3.8, 4) is 17.0 Å². The van der Waals surface area contributed by atoms with E-state index < -0.39 is 16.1 Å². The summed E-state index contributed by atoms with van der Waals surface area (Å²) in [6.07, 6.45) is 3.76. The van der Waals surface area contributed by atoms with E-state index in [1.54, 1.807) is 61.5 Å². The molecule has 2 aromatic heterocycles. The van der Waals surface area contributed by atoms with E-state index in [2.05, 4.69) is 15.6 Å². The molecule has 0 saturated heterocycles. The summed E-state index contributed by atoms with van der Waals surface area (Å²) in [4.78, 5) is 33.2. The third-order valence-electron chi connectivity index (χ3n) is 8.00. The fraction of sp³-hybridized carbons (Fsp3) is 0.212. The van der Waals surface area contributed by atoms with Crippen molar-refractivity contribution in [1.29, 1.82) is 0 Å². The van der Waals surface area contributed by atoms with E-state index in [9.17, 15) is 18.0 Å². The Bertz CT molecular complexity index is 2030. The van der Waals surface area contributed by atoms with Gasteiger partial charge in [-0.05, 0) is 75.1 Å². The summed E-state index contributed by atoms with van der Waals surface area (Å²) < 4.78 is 33.8. The molecule has 0 bridgehead atoms. The highest BCUT2D eigenvalue weighted by Gasteiger charge is 2.28. The van der Waals surface area contributed by atoms with Crippen LogP contribution in [0.15, 0.2) is 90.0 Å². The van der Waals surface area contributed by atoms with Crippen LogP contribution in [0.4, 0.5) is 10.7 Å². The normalized spacial score (nSPS) is 16.6. The van der Waals surface area contributed by atoms with Gasteiger partial charge < -0.3 is 21.1 Å². The number of benzene rings is 3. The van der Waals surface area contributed by atoms with Gasteiger partial charge in [-0.2, -0.15) is 0 Å². The van der Waals surface area contributed by atoms with Gasteiger partial charge in [0.05, 0.1) is 27.3 Å². The molecule has 5 aromatic rings. The molecule has 1 fully saturated rings. The summed E-state index contributed by atoms with van der Waals surface area (Å²) in [5.41, 5.74) is 7.49. The maximum absolute atomic E-state index is 13.8. The summed E-state index contributed by atoms with van der Waals surface area (Å²) in [6.45, 7) is 1.74. The molecule has 2 heterocycles. The van der Waals surface area contributed by atoms with Crippen molar-refractivity contribution in [1.82, 2.24) is 19.3 Å². The van der Waals surface area contributed by atoms with E-state index in [1.165, 1.54) is 22.3 Å². The monoisotopic (exact) mass is 658 g/mol. The van der Waals surface area contributed by atoms with Crippen molar-refractivity contribution >= 4 is 50.5 Å². The predicted molar refractivity (Wildman–Crippen MR) is 176 cm³/mol. The van der Waals surface area contributed by atoms with Crippen LogP contribution in [0.3, 0.4) is 0 Å². The van der Waals surface area contributed by atoms with Crippen LogP contribution in [0.5, 0.6) is 5.75 Å². The van der Waals surface area contributed by atoms with Gasteiger partial charge in [-0.3, -0.25) is 4.79 Å². The first-order chi connectivity index (χ1) is 22.1. The highest BCUT2D eigenvalue weighted by Crippen LogP contribution is 2.39. The first-order valence-electron chi connectivity index (χ1n) is 14.7. The number of nitrogens with one attached hydrogen (secondary N) is 2. The number of carbonyl (C=O) groups is 2. The molecule has 1 saturated carbocycles. The molecule has 0 radical (unpaired) electrons. The molecule has 3 aromatic carbocycles. The second-order valence-corrected chi connectivity index (χ2v) is 13.3. The van der Waals surface area contributed by atoms with E-state index in [0.29, 0.717) is 45.8 Å². The summed E-state index contributed by atoms with van der Waals surface area (Å²) in [5, 5.41) is 7.46. The van der Waals surface area contributed by atoms with Gasteiger partial charge in [0.1, 0.15) is 5.75 Å². The molecule has 236 valence electrons. The van der Waals surface area contributed by atoms with Crippen molar-refractivity contribution < 1.29 is 22.7 Å². The Morgan fingerprint density at radius 3 is 2.41 bits per heavy atom. The number of ether oxygens (including phenoxy) is 1. The molecule has 0 unspecified atom stereocenters. The largest absolute Gasteiger partial charge is 0.411 e. The Hall–Kier alpha value is -4.94. The molecule has 11 nitrogen and oxygen atoms in total. The minimum atomic E-state index is -3.92. The van der Waals surface area contributed by atoms with Gasteiger partial charge >= 0.3 is 6.09 Å². The zero-order valence-corrected chi connectivity index (χ0v) is 26.4. The van der Waals surface area contributed by atoms with Gasteiger partial charge in [-0.25, -0.2) is 27.2 Å². The number of anilines is 1. The number of primary amides is 1. The Kier molecular flexibility index (Phi) is 8.65. The average Bonchev–Trinajstić information content (AvgIpc) is 3.34. The van der Waals surface area contributed by atoms with Crippen molar-refractivity contribution in [2.24, 2.45) is 5.73 Å². The Labute approximate surface area is 270 Å². The van der Waals surface area contributed by atoms with Gasteiger partial charge in [0, 0.05) is 34.3 Å². The van der Waals surface area contributed by atoms with E-state index in [4.69, 9.17) is 27.1 Å². The fourth-order valence-corrected chi connectivity index (χ4v) is 7.72. The number of carbonyl (C=O) groups excluding carboxylic acids is 2. The zero-order chi connectivity index (χ0) is 32.4. The summed E-state index contributed by atoms with van der Waals surface area (Å²) in [7, 11) is -3.92. The Morgan fingerprint density at radius 1 is 0.978 bits per heavy atom. The maximum Gasteiger partial charge on any atom is 0.409 e. The van der Waals surface area contributed by atoms with Crippen LogP contribution in [0.1, 0.15) is 41.7 Å². The molecule has 6 rings (SSSR count). The van der Waals surface area contributed by atoms with E-state index in [1.807, 2.05) is 12.1 Å². The lowest BCUT2D eigenvalue weighted by Crippen LogP contribution is -2.42. The van der Waals surface area contributed by atoms with Gasteiger partial charge in [0.15, 0.2) is 0 Å². The third kappa shape index (κ3) is 6.26. The van der Waals surface area contributed by atoms with E-state index in [0.717, 1.165) is 19.3 Å². The SMILES string of the molecule is Cc1c(-c2nc(N[C@@H]3CCC[C@H](NC(=O)c4ccc(OC(N)=O)cc4)C3)ncc2Cl)c2ccccc2n1S(=O)(=O)c1ccccc1. The summed E-state index contributed by atoms with van der Waals surface area (Å²) >= 11 is 6.67. The summed E-state index contributed by atoms with van der Waals surface area (Å²) in [6, 6.07) is 21.6. The molecular formula is C33H31ClN6O5S. The second-order valence-electron chi connectivity index (χ2n) is 11.1. The molecule has 0 spiro atoms. The van der Waals surface area contributed by atoms with E-state index in [-0.39, 0.29) is 33.7 Å². The van der Waals surface area contributed by atoms with Crippen molar-refractivity contribution in [2.75, 3.05) is 5.32 Å². The van der Waals surface area contributed by atoms with Crippen LogP contribution in [-0.4, -0.2) is 46.4 Å². The first kappa shape index (κ1) is 31.1. The average molecular weight is 659 g/mol. The number of nitrogens with two attached hydrogens (primary N) is 1. The molecule has 13 heteroatoms. The predicted octanol–water partition coefficient (Wildman–Crippen LogP) is 5.91. The number of rotatable bonds is 8. The lowest BCUT2D eigenvalue weighted by molar-refractivity contribution is 0.0926. The lowest BCUT2D eigenvalue weighted by atomic mass is 9.91. The number of para-hydroxylation sites is 1. The number of nitrogens with zero attached hydrogens (tertiary/aromatic N) is 3. The summed E-state index contributed by atoms with van der Waals surface area (Å²) in [5.74, 6) is 0.369. The lowest BCUT2D eigenvalue weighted by Gasteiger charge is -2.30. The minimum absolute atomic E-state index is 0.0275. The highest BCUT2D eigenvalue weighted by atomic mass is 35.5. The number of amides is 2. The van der Waals surface area contributed by atoms with Crippen molar-refractivity contribution in [3.63, 3.8) is 0 Å².